The van der Waals surface area contributed by atoms with Gasteiger partial charge in [0.15, 0.2) is 0 Å². The standard InChI is InChI=1S/C15H21N3O3S/c1-9-10(2)22-12-11(9)13(19)18(8-17-12)7-6-16-14(20)21-15(3,4)5/h8H,6-7H2,1-5H3,(H,16,20). The zero-order valence-electron chi connectivity index (χ0n) is 13.5. The van der Waals surface area contributed by atoms with Crippen molar-refractivity contribution in [2.24, 2.45) is 0 Å². The summed E-state index contributed by atoms with van der Waals surface area (Å²) < 4.78 is 6.66. The van der Waals surface area contributed by atoms with Gasteiger partial charge in [0.25, 0.3) is 5.56 Å². The second-order valence-corrected chi connectivity index (χ2v) is 7.34. The van der Waals surface area contributed by atoms with Gasteiger partial charge in [-0.2, -0.15) is 0 Å². The molecule has 0 bridgehead atoms. The van der Waals surface area contributed by atoms with Crippen LogP contribution in [0.5, 0.6) is 0 Å². The Bertz CT molecular complexity index is 756. The second-order valence-electron chi connectivity index (χ2n) is 6.14. The first-order valence-electron chi connectivity index (χ1n) is 7.11. The van der Waals surface area contributed by atoms with Crippen LogP contribution in [-0.4, -0.2) is 27.8 Å². The van der Waals surface area contributed by atoms with Crippen LogP contribution in [0.2, 0.25) is 0 Å². The molecule has 0 atom stereocenters. The highest BCUT2D eigenvalue weighted by molar-refractivity contribution is 7.18. The first kappa shape index (κ1) is 16.5. The minimum Gasteiger partial charge on any atom is -0.444 e. The molecule has 2 rings (SSSR count). The van der Waals surface area contributed by atoms with Crippen molar-refractivity contribution in [3.05, 3.63) is 27.1 Å². The minimum absolute atomic E-state index is 0.0714. The van der Waals surface area contributed by atoms with E-state index in [1.165, 1.54) is 22.2 Å². The van der Waals surface area contributed by atoms with E-state index < -0.39 is 11.7 Å². The fraction of sp³-hybridized carbons (Fsp3) is 0.533. The Morgan fingerprint density at radius 2 is 2.09 bits per heavy atom. The van der Waals surface area contributed by atoms with Crippen LogP contribution in [0, 0.1) is 13.8 Å². The molecule has 0 saturated heterocycles. The number of aromatic nitrogens is 2. The summed E-state index contributed by atoms with van der Waals surface area (Å²) in [6.07, 6.45) is 1.04. The number of aryl methyl sites for hydroxylation is 2. The molecule has 0 unspecified atom stereocenters. The number of nitrogens with one attached hydrogen (secondary N) is 1. The van der Waals surface area contributed by atoms with Crippen LogP contribution in [0.15, 0.2) is 11.1 Å². The number of carbonyl (C=O) groups excluding carboxylic acids is 1. The van der Waals surface area contributed by atoms with Crippen molar-refractivity contribution in [2.45, 2.75) is 46.8 Å². The van der Waals surface area contributed by atoms with E-state index in [1.54, 1.807) is 20.8 Å². The molecule has 2 aromatic heterocycles. The highest BCUT2D eigenvalue weighted by Crippen LogP contribution is 2.25. The Kier molecular flexibility index (Phi) is 4.55. The number of nitrogens with zero attached hydrogens (tertiary/aromatic N) is 2. The van der Waals surface area contributed by atoms with E-state index in [4.69, 9.17) is 4.74 Å². The quantitative estimate of drug-likeness (QED) is 0.942. The van der Waals surface area contributed by atoms with Gasteiger partial charge in [0, 0.05) is 18.0 Å². The first-order valence-corrected chi connectivity index (χ1v) is 7.92. The summed E-state index contributed by atoms with van der Waals surface area (Å²) in [6.45, 7) is 9.99. The topological polar surface area (TPSA) is 73.2 Å². The van der Waals surface area contributed by atoms with E-state index in [0.717, 1.165) is 15.3 Å². The lowest BCUT2D eigenvalue weighted by molar-refractivity contribution is 0.0526. The number of hydrogen-bond donors (Lipinski definition) is 1. The molecule has 7 heteroatoms. The van der Waals surface area contributed by atoms with E-state index >= 15 is 0 Å². The third-order valence-electron chi connectivity index (χ3n) is 3.18. The first-order chi connectivity index (χ1) is 10.2. The molecule has 0 aliphatic heterocycles. The maximum absolute atomic E-state index is 12.5. The predicted molar refractivity (Wildman–Crippen MR) is 87.6 cm³/mol. The molecule has 6 nitrogen and oxygen atoms in total. The molecular formula is C15H21N3O3S. The normalized spacial score (nSPS) is 11.7. The molecule has 0 radical (unpaired) electrons. The highest BCUT2D eigenvalue weighted by Gasteiger charge is 2.16. The lowest BCUT2D eigenvalue weighted by Crippen LogP contribution is -2.35. The molecule has 0 aliphatic carbocycles. The third kappa shape index (κ3) is 3.65. The fourth-order valence-corrected chi connectivity index (χ4v) is 3.01. The van der Waals surface area contributed by atoms with Crippen molar-refractivity contribution >= 4 is 27.6 Å². The number of fused-ring (bicyclic) bond motifs is 1. The molecule has 2 aromatic rings. The van der Waals surface area contributed by atoms with Crippen LogP contribution in [0.25, 0.3) is 10.2 Å². The van der Waals surface area contributed by atoms with Crippen molar-refractivity contribution in [1.82, 2.24) is 14.9 Å². The Morgan fingerprint density at radius 1 is 1.41 bits per heavy atom. The van der Waals surface area contributed by atoms with E-state index in [2.05, 4.69) is 10.3 Å². The van der Waals surface area contributed by atoms with Crippen LogP contribution in [-0.2, 0) is 11.3 Å². The summed E-state index contributed by atoms with van der Waals surface area (Å²) in [4.78, 5) is 30.2. The Labute approximate surface area is 133 Å². The van der Waals surface area contributed by atoms with Crippen molar-refractivity contribution < 1.29 is 9.53 Å². The molecule has 120 valence electrons. The largest absolute Gasteiger partial charge is 0.444 e. The molecule has 0 aromatic carbocycles. The van der Waals surface area contributed by atoms with Crippen molar-refractivity contribution in [2.75, 3.05) is 6.54 Å². The van der Waals surface area contributed by atoms with Gasteiger partial charge in [-0.1, -0.05) is 0 Å². The molecule has 1 N–H and O–H groups in total. The number of rotatable bonds is 3. The number of amides is 1. The van der Waals surface area contributed by atoms with Crippen LogP contribution in [0.1, 0.15) is 31.2 Å². The zero-order chi connectivity index (χ0) is 16.5. The predicted octanol–water partition coefficient (Wildman–Crippen LogP) is 2.60. The monoisotopic (exact) mass is 323 g/mol. The van der Waals surface area contributed by atoms with Gasteiger partial charge < -0.3 is 10.1 Å². The third-order valence-corrected chi connectivity index (χ3v) is 4.29. The highest BCUT2D eigenvalue weighted by atomic mass is 32.1. The van der Waals surface area contributed by atoms with Crippen molar-refractivity contribution in [3.8, 4) is 0 Å². The summed E-state index contributed by atoms with van der Waals surface area (Å²) >= 11 is 1.52. The Hall–Kier alpha value is -1.89. The van der Waals surface area contributed by atoms with E-state index in [1.807, 2.05) is 13.8 Å². The lowest BCUT2D eigenvalue weighted by Gasteiger charge is -2.19. The van der Waals surface area contributed by atoms with Crippen LogP contribution >= 0.6 is 11.3 Å². The molecule has 0 aliphatic rings. The van der Waals surface area contributed by atoms with Gasteiger partial charge >= 0.3 is 6.09 Å². The molecular weight excluding hydrogens is 302 g/mol. The zero-order valence-corrected chi connectivity index (χ0v) is 14.3. The number of carbonyl (C=O) groups is 1. The van der Waals surface area contributed by atoms with Crippen LogP contribution in [0.4, 0.5) is 4.79 Å². The Balaban J connectivity index is 2.07. The number of alkyl carbamates (subject to hydrolysis) is 1. The van der Waals surface area contributed by atoms with Gasteiger partial charge in [-0.15, -0.1) is 11.3 Å². The van der Waals surface area contributed by atoms with Gasteiger partial charge in [-0.25, -0.2) is 9.78 Å². The van der Waals surface area contributed by atoms with Crippen molar-refractivity contribution in [3.63, 3.8) is 0 Å². The van der Waals surface area contributed by atoms with Gasteiger partial charge in [0.05, 0.1) is 11.7 Å². The van der Waals surface area contributed by atoms with Crippen LogP contribution in [0.3, 0.4) is 0 Å². The lowest BCUT2D eigenvalue weighted by atomic mass is 10.2. The average molecular weight is 323 g/mol. The van der Waals surface area contributed by atoms with E-state index in [-0.39, 0.29) is 5.56 Å². The Morgan fingerprint density at radius 3 is 2.73 bits per heavy atom. The van der Waals surface area contributed by atoms with Gasteiger partial charge in [0.2, 0.25) is 0 Å². The van der Waals surface area contributed by atoms with Gasteiger partial charge in [-0.3, -0.25) is 9.36 Å². The molecule has 0 fully saturated rings. The number of ether oxygens (including phenoxy) is 1. The van der Waals surface area contributed by atoms with Crippen LogP contribution < -0.4 is 10.9 Å². The maximum Gasteiger partial charge on any atom is 0.407 e. The second kappa shape index (κ2) is 6.08. The molecule has 22 heavy (non-hydrogen) atoms. The summed E-state index contributed by atoms with van der Waals surface area (Å²) in [5, 5.41) is 3.31. The molecule has 0 spiro atoms. The molecule has 1 amide bonds. The van der Waals surface area contributed by atoms with E-state index in [0.29, 0.717) is 18.5 Å². The fourth-order valence-electron chi connectivity index (χ4n) is 2.02. The smallest absolute Gasteiger partial charge is 0.407 e. The van der Waals surface area contributed by atoms with Crippen molar-refractivity contribution in [1.29, 1.82) is 0 Å². The maximum atomic E-state index is 12.5. The summed E-state index contributed by atoms with van der Waals surface area (Å²) in [5.74, 6) is 0. The summed E-state index contributed by atoms with van der Waals surface area (Å²) in [7, 11) is 0. The molecule has 0 saturated carbocycles. The summed E-state index contributed by atoms with van der Waals surface area (Å²) in [6, 6.07) is 0. The average Bonchev–Trinajstić information content (AvgIpc) is 2.66. The summed E-state index contributed by atoms with van der Waals surface area (Å²) in [5.41, 5.74) is 0.372. The molecule has 2 heterocycles. The van der Waals surface area contributed by atoms with E-state index in [9.17, 15) is 9.59 Å². The number of thiophene rings is 1. The SMILES string of the molecule is Cc1sc2ncn(CCNC(=O)OC(C)(C)C)c(=O)c2c1C. The van der Waals surface area contributed by atoms with Gasteiger partial charge in [-0.05, 0) is 40.2 Å². The minimum atomic E-state index is -0.535. The number of hydrogen-bond acceptors (Lipinski definition) is 5. The van der Waals surface area contributed by atoms with Gasteiger partial charge in [0.1, 0.15) is 10.4 Å².